The monoisotopic (exact) mass is 319 g/mol. The highest BCUT2D eigenvalue weighted by molar-refractivity contribution is 8.13. The van der Waals surface area contributed by atoms with E-state index in [0.717, 1.165) is 21.9 Å². The molecule has 0 amide bonds. The van der Waals surface area contributed by atoms with Gasteiger partial charge in [0.15, 0.2) is 0 Å². The molecule has 106 valence electrons. The number of nitrogens with zero attached hydrogens (tertiary/aromatic N) is 1. The van der Waals surface area contributed by atoms with Gasteiger partial charge < -0.3 is 4.89 Å². The van der Waals surface area contributed by atoms with Crippen LogP contribution >= 0.6 is 30.9 Å². The van der Waals surface area contributed by atoms with Crippen molar-refractivity contribution >= 4 is 35.9 Å². The first-order valence-electron chi connectivity index (χ1n) is 6.10. The number of aryl methyl sites for hydroxylation is 1. The van der Waals surface area contributed by atoms with Gasteiger partial charge in [-0.25, -0.2) is 4.76 Å². The maximum atomic E-state index is 11.7. The Morgan fingerprint density at radius 2 is 2.21 bits per heavy atom. The molecule has 0 saturated carbocycles. The number of benzene rings is 1. The molecule has 6 heteroatoms. The summed E-state index contributed by atoms with van der Waals surface area (Å²) in [5, 5.41) is 1.37. The third-order valence-electron chi connectivity index (χ3n) is 2.55. The SMILES string of the molecule is CCCP(=O)(O)N=C(C)SCc1ccc(Cl)cc1C. The van der Waals surface area contributed by atoms with Crippen molar-refractivity contribution < 1.29 is 9.46 Å². The minimum absolute atomic E-state index is 0.241. The predicted octanol–water partition coefficient (Wildman–Crippen LogP) is 4.90. The van der Waals surface area contributed by atoms with E-state index in [-0.39, 0.29) is 6.16 Å². The maximum absolute atomic E-state index is 11.7. The van der Waals surface area contributed by atoms with Crippen LogP contribution < -0.4 is 0 Å². The molecule has 0 saturated heterocycles. The first-order chi connectivity index (χ1) is 8.84. The van der Waals surface area contributed by atoms with Crippen molar-refractivity contribution in [1.29, 1.82) is 0 Å². The van der Waals surface area contributed by atoms with Crippen molar-refractivity contribution in [2.24, 2.45) is 4.76 Å². The second kappa shape index (κ2) is 7.49. The Kier molecular flexibility index (Phi) is 6.61. The lowest BCUT2D eigenvalue weighted by Gasteiger charge is -2.08. The first-order valence-corrected chi connectivity index (χ1v) is 9.26. The van der Waals surface area contributed by atoms with Gasteiger partial charge in [0.1, 0.15) is 0 Å². The molecule has 0 aliphatic heterocycles. The first kappa shape index (κ1) is 16.8. The zero-order valence-corrected chi connectivity index (χ0v) is 13.9. The van der Waals surface area contributed by atoms with E-state index in [4.69, 9.17) is 11.6 Å². The molecule has 3 nitrogen and oxygen atoms in total. The van der Waals surface area contributed by atoms with Gasteiger partial charge in [0, 0.05) is 16.9 Å². The summed E-state index contributed by atoms with van der Waals surface area (Å²) in [5.74, 6) is 0.727. The van der Waals surface area contributed by atoms with Gasteiger partial charge in [0.05, 0.1) is 5.04 Å². The molecule has 19 heavy (non-hydrogen) atoms. The molecule has 0 aliphatic rings. The molecule has 0 fully saturated rings. The highest BCUT2D eigenvalue weighted by Crippen LogP contribution is 2.43. The lowest BCUT2D eigenvalue weighted by Crippen LogP contribution is -1.92. The highest BCUT2D eigenvalue weighted by atomic mass is 35.5. The molecule has 0 aliphatic carbocycles. The van der Waals surface area contributed by atoms with Crippen molar-refractivity contribution in [2.45, 2.75) is 32.9 Å². The Labute approximate surface area is 124 Å². The summed E-state index contributed by atoms with van der Waals surface area (Å²) in [7, 11) is -3.34. The fraction of sp³-hybridized carbons (Fsp3) is 0.462. The summed E-state index contributed by atoms with van der Waals surface area (Å²) >= 11 is 7.38. The van der Waals surface area contributed by atoms with Crippen LogP contribution in [-0.2, 0) is 10.3 Å². The lowest BCUT2D eigenvalue weighted by molar-refractivity contribution is 0.479. The van der Waals surface area contributed by atoms with E-state index in [1.54, 1.807) is 6.92 Å². The van der Waals surface area contributed by atoms with Crippen LogP contribution in [0.1, 0.15) is 31.4 Å². The van der Waals surface area contributed by atoms with E-state index >= 15 is 0 Å². The van der Waals surface area contributed by atoms with Crippen molar-refractivity contribution in [2.75, 3.05) is 6.16 Å². The van der Waals surface area contributed by atoms with Crippen LogP contribution in [0.2, 0.25) is 5.02 Å². The standard InChI is InChI=1S/C13H19ClNO2PS/c1-4-7-18(16,17)15-11(3)19-9-12-5-6-13(14)8-10(12)2/h5-6,8H,4,7,9H2,1-3H3,(H,16,17). The summed E-state index contributed by atoms with van der Waals surface area (Å²) in [6.45, 7) is 5.65. The van der Waals surface area contributed by atoms with Gasteiger partial charge >= 0.3 is 7.52 Å². The molecule has 1 aromatic rings. The predicted molar refractivity (Wildman–Crippen MR) is 85.6 cm³/mol. The number of hydrogen-bond acceptors (Lipinski definition) is 2. The zero-order valence-electron chi connectivity index (χ0n) is 11.4. The normalized spacial score (nSPS) is 15.3. The zero-order chi connectivity index (χ0) is 14.5. The van der Waals surface area contributed by atoms with Gasteiger partial charge in [0.2, 0.25) is 0 Å². The Morgan fingerprint density at radius 3 is 2.79 bits per heavy atom. The van der Waals surface area contributed by atoms with Crippen molar-refractivity contribution in [3.8, 4) is 0 Å². The number of thioether (sulfide) groups is 1. The fourth-order valence-electron chi connectivity index (χ4n) is 1.59. The van der Waals surface area contributed by atoms with Gasteiger partial charge in [0.25, 0.3) is 0 Å². The van der Waals surface area contributed by atoms with Crippen LogP contribution in [0.3, 0.4) is 0 Å². The van der Waals surface area contributed by atoms with Gasteiger partial charge in [-0.15, -0.1) is 11.8 Å². The molecule has 1 aromatic carbocycles. The molecule has 0 spiro atoms. The minimum Gasteiger partial charge on any atom is -0.328 e. The molecular weight excluding hydrogens is 301 g/mol. The van der Waals surface area contributed by atoms with E-state index in [9.17, 15) is 9.46 Å². The van der Waals surface area contributed by atoms with E-state index in [1.165, 1.54) is 11.8 Å². The van der Waals surface area contributed by atoms with Gasteiger partial charge in [-0.3, -0.25) is 4.57 Å². The summed E-state index contributed by atoms with van der Waals surface area (Å²) in [6.07, 6.45) is 0.899. The summed E-state index contributed by atoms with van der Waals surface area (Å²) in [4.78, 5) is 9.61. The van der Waals surface area contributed by atoms with Crippen LogP contribution in [0.4, 0.5) is 0 Å². The Bertz CT molecular complexity index is 519. The second-order valence-electron chi connectivity index (χ2n) is 4.37. The minimum atomic E-state index is -3.34. The molecule has 0 heterocycles. The molecule has 0 radical (unpaired) electrons. The third kappa shape index (κ3) is 6.13. The molecule has 1 unspecified atom stereocenters. The quantitative estimate of drug-likeness (QED) is 0.477. The average molecular weight is 320 g/mol. The van der Waals surface area contributed by atoms with Crippen LogP contribution in [0.5, 0.6) is 0 Å². The molecule has 1 atom stereocenters. The lowest BCUT2D eigenvalue weighted by atomic mass is 10.1. The number of rotatable bonds is 5. The Morgan fingerprint density at radius 1 is 1.53 bits per heavy atom. The molecule has 0 aromatic heterocycles. The van der Waals surface area contributed by atoms with Crippen LogP contribution in [0.15, 0.2) is 23.0 Å². The summed E-state index contributed by atoms with van der Waals surface area (Å²) in [5.41, 5.74) is 2.28. The van der Waals surface area contributed by atoms with E-state index < -0.39 is 7.52 Å². The van der Waals surface area contributed by atoms with Crippen LogP contribution in [0, 0.1) is 6.92 Å². The van der Waals surface area contributed by atoms with Crippen molar-refractivity contribution in [3.63, 3.8) is 0 Å². The largest absolute Gasteiger partial charge is 0.328 e. The molecule has 0 bridgehead atoms. The number of hydrogen-bond donors (Lipinski definition) is 1. The summed E-state index contributed by atoms with van der Waals surface area (Å²) < 4.78 is 15.6. The molecule has 1 rings (SSSR count). The van der Waals surface area contributed by atoms with Crippen molar-refractivity contribution in [1.82, 2.24) is 0 Å². The second-order valence-corrected chi connectivity index (χ2v) is 7.95. The van der Waals surface area contributed by atoms with Crippen molar-refractivity contribution in [3.05, 3.63) is 34.3 Å². The van der Waals surface area contributed by atoms with E-state index in [0.29, 0.717) is 11.5 Å². The average Bonchev–Trinajstić information content (AvgIpc) is 2.26. The molecular formula is C13H19ClNO2PS. The van der Waals surface area contributed by atoms with Gasteiger partial charge in [-0.2, -0.15) is 0 Å². The number of halogens is 1. The van der Waals surface area contributed by atoms with Gasteiger partial charge in [-0.1, -0.05) is 24.6 Å². The van der Waals surface area contributed by atoms with Crippen LogP contribution in [-0.4, -0.2) is 16.1 Å². The topological polar surface area (TPSA) is 49.7 Å². The smallest absolute Gasteiger partial charge is 0.312 e. The van der Waals surface area contributed by atoms with Crippen LogP contribution in [0.25, 0.3) is 0 Å². The Hall–Kier alpha value is -0.280. The van der Waals surface area contributed by atoms with E-state index in [1.807, 2.05) is 32.0 Å². The Balaban J connectivity index is 2.66. The summed E-state index contributed by atoms with van der Waals surface area (Å²) in [6, 6.07) is 5.74. The van der Waals surface area contributed by atoms with E-state index in [2.05, 4.69) is 4.76 Å². The maximum Gasteiger partial charge on any atom is 0.312 e. The highest BCUT2D eigenvalue weighted by Gasteiger charge is 2.15. The fourth-order valence-corrected chi connectivity index (χ4v) is 4.24. The molecule has 1 N–H and O–H groups in total. The van der Waals surface area contributed by atoms with Gasteiger partial charge in [-0.05, 0) is 43.5 Å². The third-order valence-corrected chi connectivity index (χ3v) is 5.53.